The number of nitrogens with zero attached hydrogens (tertiary/aromatic N) is 1. The Balaban J connectivity index is 2.02. The fourth-order valence-electron chi connectivity index (χ4n) is 2.41. The zero-order chi connectivity index (χ0) is 19.3. The van der Waals surface area contributed by atoms with Gasteiger partial charge in [-0.3, -0.25) is 19.7 Å². The van der Waals surface area contributed by atoms with Crippen molar-refractivity contribution in [1.29, 1.82) is 0 Å². The highest BCUT2D eigenvalue weighted by Gasteiger charge is 2.15. The van der Waals surface area contributed by atoms with E-state index in [4.69, 9.17) is 4.74 Å². The molecule has 0 spiro atoms. The van der Waals surface area contributed by atoms with E-state index in [9.17, 15) is 19.7 Å². The number of aryl methyl sites for hydroxylation is 2. The molecule has 0 aliphatic rings. The molecule has 1 N–H and O–H groups in total. The molecule has 136 valence electrons. The zero-order valence-electron chi connectivity index (χ0n) is 14.9. The van der Waals surface area contributed by atoms with Gasteiger partial charge in [0.15, 0.2) is 5.78 Å². The van der Waals surface area contributed by atoms with Gasteiger partial charge < -0.3 is 10.1 Å². The molecular weight excluding hydrogens is 336 g/mol. The van der Waals surface area contributed by atoms with E-state index in [1.165, 1.54) is 25.3 Å². The van der Waals surface area contributed by atoms with Gasteiger partial charge in [-0.1, -0.05) is 12.1 Å². The molecule has 0 aliphatic carbocycles. The van der Waals surface area contributed by atoms with E-state index in [1.807, 2.05) is 19.9 Å². The van der Waals surface area contributed by atoms with Gasteiger partial charge in [-0.05, 0) is 37.1 Å². The number of non-ortho nitro benzene ring substituents is 1. The Labute approximate surface area is 151 Å². The first kappa shape index (κ1) is 19.1. The number of anilines is 1. The van der Waals surface area contributed by atoms with Crippen LogP contribution in [0.5, 0.6) is 5.75 Å². The summed E-state index contributed by atoms with van der Waals surface area (Å²) in [4.78, 5) is 34.7. The van der Waals surface area contributed by atoms with Crippen LogP contribution >= 0.6 is 0 Å². The van der Waals surface area contributed by atoms with Crippen molar-refractivity contribution in [2.75, 3.05) is 12.4 Å². The molecule has 2 aromatic rings. The van der Waals surface area contributed by atoms with Crippen molar-refractivity contribution in [2.45, 2.75) is 26.7 Å². The Kier molecular flexibility index (Phi) is 6.06. The number of carbonyl (C=O) groups excluding carboxylic acids is 2. The number of hydrogen-bond acceptors (Lipinski definition) is 5. The molecule has 2 rings (SSSR count). The second kappa shape index (κ2) is 8.24. The number of ether oxygens (including phenoxy) is 1. The molecule has 0 unspecified atom stereocenters. The normalized spacial score (nSPS) is 10.3. The van der Waals surface area contributed by atoms with Crippen molar-refractivity contribution in [1.82, 2.24) is 0 Å². The van der Waals surface area contributed by atoms with E-state index in [2.05, 4.69) is 5.32 Å². The van der Waals surface area contributed by atoms with Gasteiger partial charge in [-0.2, -0.15) is 0 Å². The lowest BCUT2D eigenvalue weighted by Gasteiger charge is -2.10. The first-order valence-corrected chi connectivity index (χ1v) is 8.04. The maximum Gasteiger partial charge on any atom is 0.271 e. The molecule has 26 heavy (non-hydrogen) atoms. The monoisotopic (exact) mass is 356 g/mol. The van der Waals surface area contributed by atoms with Gasteiger partial charge in [-0.25, -0.2) is 0 Å². The van der Waals surface area contributed by atoms with Crippen molar-refractivity contribution < 1.29 is 19.2 Å². The van der Waals surface area contributed by atoms with Crippen LogP contribution in [0.15, 0.2) is 36.4 Å². The number of nitrogens with one attached hydrogen (secondary N) is 1. The lowest BCUT2D eigenvalue weighted by Crippen LogP contribution is -2.14. The van der Waals surface area contributed by atoms with E-state index >= 15 is 0 Å². The number of methoxy groups -OCH3 is 1. The van der Waals surface area contributed by atoms with E-state index in [0.717, 1.165) is 11.1 Å². The number of benzene rings is 2. The second-order valence-corrected chi connectivity index (χ2v) is 5.91. The van der Waals surface area contributed by atoms with Crippen LogP contribution in [0.3, 0.4) is 0 Å². The molecule has 7 nitrogen and oxygen atoms in total. The van der Waals surface area contributed by atoms with E-state index < -0.39 is 10.8 Å². The third kappa shape index (κ3) is 4.66. The van der Waals surface area contributed by atoms with Gasteiger partial charge in [0.05, 0.1) is 17.7 Å². The Bertz CT molecular complexity index is 861. The van der Waals surface area contributed by atoms with Crippen LogP contribution in [0.25, 0.3) is 0 Å². The number of carbonyl (C=O) groups is 2. The highest BCUT2D eigenvalue weighted by Crippen LogP contribution is 2.29. The van der Waals surface area contributed by atoms with Crippen LogP contribution < -0.4 is 10.1 Å². The molecule has 0 saturated heterocycles. The van der Waals surface area contributed by atoms with Crippen LogP contribution in [0.2, 0.25) is 0 Å². The fraction of sp³-hybridized carbons (Fsp3) is 0.263. The highest BCUT2D eigenvalue weighted by molar-refractivity contribution is 6.00. The first-order chi connectivity index (χ1) is 12.3. The zero-order valence-corrected chi connectivity index (χ0v) is 14.9. The summed E-state index contributed by atoms with van der Waals surface area (Å²) in [6.45, 7) is 3.89. The maximum absolute atomic E-state index is 12.2. The highest BCUT2D eigenvalue weighted by atomic mass is 16.6. The maximum atomic E-state index is 12.2. The quantitative estimate of drug-likeness (QED) is 0.462. The number of ketones is 1. The third-order valence-electron chi connectivity index (χ3n) is 4.08. The number of nitro benzene ring substituents is 1. The summed E-state index contributed by atoms with van der Waals surface area (Å²) in [5.41, 5.74) is 2.71. The van der Waals surface area contributed by atoms with Gasteiger partial charge in [-0.15, -0.1) is 0 Å². The fourth-order valence-corrected chi connectivity index (χ4v) is 2.41. The number of amides is 1. The summed E-state index contributed by atoms with van der Waals surface area (Å²) in [6, 6.07) is 9.34. The van der Waals surface area contributed by atoms with Crippen LogP contribution in [0.1, 0.15) is 34.3 Å². The molecule has 2 aromatic carbocycles. The summed E-state index contributed by atoms with van der Waals surface area (Å²) >= 11 is 0. The molecule has 0 saturated carbocycles. The van der Waals surface area contributed by atoms with Crippen molar-refractivity contribution >= 4 is 23.1 Å². The van der Waals surface area contributed by atoms with Crippen molar-refractivity contribution in [3.8, 4) is 5.75 Å². The molecule has 0 aliphatic heterocycles. The molecule has 7 heteroatoms. The molecular formula is C19H20N2O5. The minimum absolute atomic E-state index is 0.0302. The van der Waals surface area contributed by atoms with E-state index in [0.29, 0.717) is 11.3 Å². The molecule has 0 aromatic heterocycles. The van der Waals surface area contributed by atoms with Crippen LogP contribution in [0.4, 0.5) is 11.4 Å². The van der Waals surface area contributed by atoms with Crippen molar-refractivity contribution in [3.05, 3.63) is 63.2 Å². The van der Waals surface area contributed by atoms with Gasteiger partial charge in [0.1, 0.15) is 5.75 Å². The van der Waals surface area contributed by atoms with Crippen LogP contribution in [0, 0.1) is 24.0 Å². The SMILES string of the molecule is COc1ccc([N+](=O)[O-])cc1NC(=O)CCC(=O)c1ccc(C)c(C)c1. The minimum Gasteiger partial charge on any atom is -0.495 e. The summed E-state index contributed by atoms with van der Waals surface area (Å²) in [7, 11) is 1.40. The molecule has 0 atom stereocenters. The second-order valence-electron chi connectivity index (χ2n) is 5.91. The average molecular weight is 356 g/mol. The Hall–Kier alpha value is -3.22. The van der Waals surface area contributed by atoms with Gasteiger partial charge in [0, 0.05) is 30.5 Å². The molecule has 0 fully saturated rings. The predicted octanol–water partition coefficient (Wildman–Crippen LogP) is 3.82. The van der Waals surface area contributed by atoms with Gasteiger partial charge in [0.25, 0.3) is 5.69 Å². The van der Waals surface area contributed by atoms with Gasteiger partial charge >= 0.3 is 0 Å². The summed E-state index contributed by atoms with van der Waals surface area (Å²) < 4.78 is 5.10. The Morgan fingerprint density at radius 3 is 2.42 bits per heavy atom. The number of hydrogen-bond donors (Lipinski definition) is 1. The molecule has 0 radical (unpaired) electrons. The van der Waals surface area contributed by atoms with Crippen molar-refractivity contribution in [2.24, 2.45) is 0 Å². The predicted molar refractivity (Wildman–Crippen MR) is 97.8 cm³/mol. The van der Waals surface area contributed by atoms with E-state index in [-0.39, 0.29) is 30.0 Å². The van der Waals surface area contributed by atoms with E-state index in [1.54, 1.807) is 12.1 Å². The van der Waals surface area contributed by atoms with Gasteiger partial charge in [0.2, 0.25) is 5.91 Å². The average Bonchev–Trinajstić information content (AvgIpc) is 2.61. The molecule has 0 bridgehead atoms. The number of nitro groups is 1. The Morgan fingerprint density at radius 2 is 1.81 bits per heavy atom. The number of Topliss-reactive ketones (excluding diaryl/α,β-unsaturated/α-hetero) is 1. The Morgan fingerprint density at radius 1 is 1.08 bits per heavy atom. The van der Waals surface area contributed by atoms with Crippen molar-refractivity contribution in [3.63, 3.8) is 0 Å². The lowest BCUT2D eigenvalue weighted by molar-refractivity contribution is -0.384. The first-order valence-electron chi connectivity index (χ1n) is 8.04. The molecule has 0 heterocycles. The van der Waals surface area contributed by atoms with Crippen LogP contribution in [-0.2, 0) is 4.79 Å². The molecule has 1 amide bonds. The largest absolute Gasteiger partial charge is 0.495 e. The summed E-state index contributed by atoms with van der Waals surface area (Å²) in [6.07, 6.45) is 0.0170. The topological polar surface area (TPSA) is 98.5 Å². The smallest absolute Gasteiger partial charge is 0.271 e. The summed E-state index contributed by atoms with van der Waals surface area (Å²) in [5.74, 6) is -0.236. The van der Waals surface area contributed by atoms with Crippen LogP contribution in [-0.4, -0.2) is 23.7 Å². The minimum atomic E-state index is -0.557. The summed E-state index contributed by atoms with van der Waals surface area (Å²) in [5, 5.41) is 13.4. The number of rotatable bonds is 7. The third-order valence-corrected chi connectivity index (χ3v) is 4.08. The standard InChI is InChI=1S/C19H20N2O5/c1-12-4-5-14(10-13(12)2)17(22)7-9-19(23)20-16-11-15(21(24)25)6-8-18(16)26-3/h4-6,8,10-11H,7,9H2,1-3H3,(H,20,23). The lowest BCUT2D eigenvalue weighted by atomic mass is 10.0.